The number of nitrogens with zero attached hydrogens (tertiary/aromatic N) is 2. The van der Waals surface area contributed by atoms with Crippen molar-refractivity contribution in [3.63, 3.8) is 0 Å². The van der Waals surface area contributed by atoms with Crippen LogP contribution < -0.4 is 10.9 Å². The molecule has 3 aromatic rings. The molecule has 10 heteroatoms. The maximum absolute atomic E-state index is 15.0. The second-order valence-corrected chi connectivity index (χ2v) is 8.37. The molecule has 1 amide bonds. The number of carbonyl (C=O) groups excluding carboxylic acids is 1. The van der Waals surface area contributed by atoms with Crippen LogP contribution in [0.3, 0.4) is 0 Å². The quantitative estimate of drug-likeness (QED) is 0.398. The van der Waals surface area contributed by atoms with Gasteiger partial charge >= 0.3 is 5.97 Å². The first kappa shape index (κ1) is 25.0. The number of nitrogens with one attached hydrogen (secondary N) is 1. The molecule has 8 nitrogen and oxygen atoms in total. The number of rotatable bonds is 9. The van der Waals surface area contributed by atoms with Crippen molar-refractivity contribution in [2.75, 3.05) is 12.8 Å². The number of hydrogen-bond acceptors (Lipinski definition) is 6. The lowest BCUT2D eigenvalue weighted by Crippen LogP contribution is -2.37. The zero-order valence-corrected chi connectivity index (χ0v) is 19.5. The Bertz CT molecular complexity index is 1270. The Labute approximate surface area is 199 Å². The molecule has 0 aliphatic heterocycles. The second kappa shape index (κ2) is 11.0. The third-order valence-corrected chi connectivity index (χ3v) is 5.85. The number of benzene rings is 2. The van der Waals surface area contributed by atoms with Gasteiger partial charge in [-0.25, -0.2) is 9.07 Å². The second-order valence-electron chi connectivity index (χ2n) is 7.49. The number of aliphatic carboxylic acids is 1. The summed E-state index contributed by atoms with van der Waals surface area (Å²) in [6.07, 6.45) is 2.79. The number of aromatic hydroxyl groups is 1. The zero-order valence-electron chi connectivity index (χ0n) is 18.7. The summed E-state index contributed by atoms with van der Waals surface area (Å²) in [7, 11) is 0. The van der Waals surface area contributed by atoms with Gasteiger partial charge in [0.05, 0.1) is 6.54 Å². The molecule has 0 fully saturated rings. The maximum Gasteiger partial charge on any atom is 0.322 e. The molecule has 0 unspecified atom stereocenters. The molecule has 178 valence electrons. The van der Waals surface area contributed by atoms with Crippen molar-refractivity contribution in [1.29, 1.82) is 0 Å². The minimum absolute atomic E-state index is 0.0912. The Morgan fingerprint density at radius 3 is 2.41 bits per heavy atom. The molecule has 0 radical (unpaired) electrons. The molecule has 3 N–H and O–H groups in total. The SMILES string of the molecule is CCCc1nn(Cc2ccc(-c3ccc(SC)cc3)cc2F)c(=O)c(C(=O)NCC(=O)O)c1O. The molecule has 0 aliphatic rings. The minimum atomic E-state index is -1.30. The normalized spacial score (nSPS) is 10.8. The molecule has 0 aliphatic carbocycles. The van der Waals surface area contributed by atoms with Crippen LogP contribution in [0.15, 0.2) is 52.2 Å². The van der Waals surface area contributed by atoms with E-state index >= 15 is 0 Å². The van der Waals surface area contributed by atoms with Crippen LogP contribution in [-0.2, 0) is 17.8 Å². The van der Waals surface area contributed by atoms with E-state index in [0.29, 0.717) is 12.0 Å². The van der Waals surface area contributed by atoms with Gasteiger partial charge in [0.25, 0.3) is 11.5 Å². The molecule has 1 heterocycles. The molecule has 0 atom stereocenters. The van der Waals surface area contributed by atoms with Crippen LogP contribution in [0.4, 0.5) is 4.39 Å². The van der Waals surface area contributed by atoms with Gasteiger partial charge in [0, 0.05) is 10.5 Å². The van der Waals surface area contributed by atoms with Gasteiger partial charge in [-0.2, -0.15) is 5.10 Å². The first-order valence-electron chi connectivity index (χ1n) is 10.5. The van der Waals surface area contributed by atoms with Gasteiger partial charge in [-0.3, -0.25) is 14.4 Å². The molecule has 1 aromatic heterocycles. The van der Waals surface area contributed by atoms with Crippen molar-refractivity contribution in [3.8, 4) is 16.9 Å². The van der Waals surface area contributed by atoms with Gasteiger partial charge in [0.1, 0.15) is 23.6 Å². The van der Waals surface area contributed by atoms with E-state index in [9.17, 15) is 23.9 Å². The number of amides is 1. The molecule has 34 heavy (non-hydrogen) atoms. The number of carboxylic acids is 1. The first-order chi connectivity index (χ1) is 16.2. The molecule has 0 bridgehead atoms. The van der Waals surface area contributed by atoms with Crippen LogP contribution in [-0.4, -0.2) is 44.7 Å². The minimum Gasteiger partial charge on any atom is -0.505 e. The summed E-state index contributed by atoms with van der Waals surface area (Å²) in [6, 6.07) is 12.3. The molecular weight excluding hydrogens is 461 g/mol. The predicted molar refractivity (Wildman–Crippen MR) is 127 cm³/mol. The van der Waals surface area contributed by atoms with Crippen LogP contribution in [0, 0.1) is 5.82 Å². The standard InChI is InChI=1S/C24H24FN3O5S/c1-3-4-19-22(31)21(23(32)26-12-20(29)30)24(33)28(27-19)13-16-6-5-15(11-18(16)25)14-7-9-17(34-2)10-8-14/h5-11,31H,3-4,12-13H2,1-2H3,(H,26,32)(H,29,30). The average Bonchev–Trinajstić information content (AvgIpc) is 2.82. The lowest BCUT2D eigenvalue weighted by Gasteiger charge is -2.13. The fourth-order valence-electron chi connectivity index (χ4n) is 3.37. The van der Waals surface area contributed by atoms with E-state index in [4.69, 9.17) is 5.11 Å². The van der Waals surface area contributed by atoms with E-state index in [1.807, 2.05) is 37.4 Å². The number of hydrogen-bond donors (Lipinski definition) is 3. The highest BCUT2D eigenvalue weighted by Gasteiger charge is 2.23. The smallest absolute Gasteiger partial charge is 0.322 e. The van der Waals surface area contributed by atoms with Crippen LogP contribution in [0.5, 0.6) is 5.75 Å². The zero-order chi connectivity index (χ0) is 24.8. The number of carbonyl (C=O) groups is 2. The molecule has 2 aromatic carbocycles. The van der Waals surface area contributed by atoms with Crippen molar-refractivity contribution in [2.24, 2.45) is 0 Å². The third kappa shape index (κ3) is 5.63. The molecule has 0 saturated heterocycles. The fourth-order valence-corrected chi connectivity index (χ4v) is 3.78. The van der Waals surface area contributed by atoms with Gasteiger partial charge in [0.2, 0.25) is 0 Å². The van der Waals surface area contributed by atoms with Crippen molar-refractivity contribution in [1.82, 2.24) is 15.1 Å². The third-order valence-electron chi connectivity index (χ3n) is 5.11. The van der Waals surface area contributed by atoms with Crippen LogP contribution in [0.25, 0.3) is 11.1 Å². The van der Waals surface area contributed by atoms with Gasteiger partial charge < -0.3 is 15.5 Å². The number of aromatic nitrogens is 2. The van der Waals surface area contributed by atoms with Crippen molar-refractivity contribution in [2.45, 2.75) is 31.2 Å². The Morgan fingerprint density at radius 2 is 1.82 bits per heavy atom. The van der Waals surface area contributed by atoms with Gasteiger partial charge in [-0.1, -0.05) is 37.6 Å². The molecule has 3 rings (SSSR count). The summed E-state index contributed by atoms with van der Waals surface area (Å²) in [5.74, 6) is -3.50. The summed E-state index contributed by atoms with van der Waals surface area (Å²) >= 11 is 1.61. The highest BCUT2D eigenvalue weighted by Crippen LogP contribution is 2.25. The Hall–Kier alpha value is -3.66. The largest absolute Gasteiger partial charge is 0.505 e. The predicted octanol–water partition coefficient (Wildman–Crippen LogP) is 3.29. The summed E-state index contributed by atoms with van der Waals surface area (Å²) in [4.78, 5) is 37.2. The van der Waals surface area contributed by atoms with Crippen LogP contribution in [0.1, 0.15) is 35.0 Å². The summed E-state index contributed by atoms with van der Waals surface area (Å²) in [5.41, 5.74) is 0.200. The number of carboxylic acid groups (broad SMARTS) is 1. The van der Waals surface area contributed by atoms with E-state index in [-0.39, 0.29) is 24.2 Å². The highest BCUT2D eigenvalue weighted by molar-refractivity contribution is 7.98. The lowest BCUT2D eigenvalue weighted by atomic mass is 10.0. The van der Waals surface area contributed by atoms with Crippen molar-refractivity contribution >= 4 is 23.6 Å². The van der Waals surface area contributed by atoms with Crippen LogP contribution in [0.2, 0.25) is 0 Å². The van der Waals surface area contributed by atoms with Crippen molar-refractivity contribution in [3.05, 3.63) is 75.5 Å². The van der Waals surface area contributed by atoms with Gasteiger partial charge in [0.15, 0.2) is 5.75 Å². The van der Waals surface area contributed by atoms with E-state index in [0.717, 1.165) is 15.1 Å². The monoisotopic (exact) mass is 485 g/mol. The van der Waals surface area contributed by atoms with Gasteiger partial charge in [-0.05, 0) is 42.0 Å². The summed E-state index contributed by atoms with van der Waals surface area (Å²) in [5, 5.41) is 25.4. The number of aryl methyl sites for hydroxylation is 1. The number of halogens is 1. The van der Waals surface area contributed by atoms with E-state index in [2.05, 4.69) is 10.4 Å². The summed E-state index contributed by atoms with van der Waals surface area (Å²) < 4.78 is 15.9. The van der Waals surface area contributed by atoms with Gasteiger partial charge in [-0.15, -0.1) is 11.8 Å². The van der Waals surface area contributed by atoms with Crippen molar-refractivity contribution < 1.29 is 24.2 Å². The molecule has 0 saturated carbocycles. The van der Waals surface area contributed by atoms with E-state index in [1.165, 1.54) is 12.1 Å². The maximum atomic E-state index is 15.0. The number of thioether (sulfide) groups is 1. The fraction of sp³-hybridized carbons (Fsp3) is 0.250. The molecular formula is C24H24FN3O5S. The van der Waals surface area contributed by atoms with E-state index < -0.39 is 41.1 Å². The molecule has 0 spiro atoms. The Balaban J connectivity index is 1.97. The van der Waals surface area contributed by atoms with Crippen LogP contribution >= 0.6 is 11.8 Å². The lowest BCUT2D eigenvalue weighted by molar-refractivity contribution is -0.135. The topological polar surface area (TPSA) is 122 Å². The Morgan fingerprint density at radius 1 is 1.15 bits per heavy atom. The summed E-state index contributed by atoms with van der Waals surface area (Å²) in [6.45, 7) is 0.828. The Kier molecular flexibility index (Phi) is 8.06. The highest BCUT2D eigenvalue weighted by atomic mass is 32.2. The first-order valence-corrected chi connectivity index (χ1v) is 11.7. The average molecular weight is 486 g/mol. The van der Waals surface area contributed by atoms with E-state index in [1.54, 1.807) is 17.8 Å².